The van der Waals surface area contributed by atoms with Gasteiger partial charge in [0.2, 0.25) is 5.75 Å². The third kappa shape index (κ3) is 6.31. The number of benzene rings is 3. The van der Waals surface area contributed by atoms with Gasteiger partial charge in [-0.05, 0) is 65.7 Å². The van der Waals surface area contributed by atoms with Crippen molar-refractivity contribution in [3.05, 3.63) is 117 Å². The van der Waals surface area contributed by atoms with Crippen molar-refractivity contribution in [1.29, 1.82) is 0 Å². The first-order valence-electron chi connectivity index (χ1n) is 11.7. The van der Waals surface area contributed by atoms with Crippen molar-refractivity contribution in [2.24, 2.45) is 0 Å². The molecule has 196 valence electrons. The van der Waals surface area contributed by atoms with Gasteiger partial charge in [0.15, 0.2) is 17.3 Å². The predicted molar refractivity (Wildman–Crippen MR) is 142 cm³/mol. The van der Waals surface area contributed by atoms with Crippen LogP contribution in [0.5, 0.6) is 23.0 Å². The Morgan fingerprint density at radius 2 is 1.69 bits per heavy atom. The van der Waals surface area contributed by atoms with Crippen molar-refractivity contribution in [1.82, 2.24) is 15.1 Å². The lowest BCUT2D eigenvalue weighted by Crippen LogP contribution is -1.96. The van der Waals surface area contributed by atoms with Crippen LogP contribution in [0.25, 0.3) is 11.5 Å². The minimum absolute atomic E-state index is 0.0318. The number of aromatic nitrogens is 3. The second kappa shape index (κ2) is 11.6. The molecule has 0 spiro atoms. The molecule has 0 saturated heterocycles. The van der Waals surface area contributed by atoms with Gasteiger partial charge in [0.25, 0.3) is 5.89 Å². The minimum Gasteiger partial charge on any atom is -0.493 e. The molecule has 0 N–H and O–H groups in total. The van der Waals surface area contributed by atoms with Crippen LogP contribution in [0.1, 0.15) is 17.0 Å². The fourth-order valence-electron chi connectivity index (χ4n) is 3.70. The molecular formula is C28H21ClN4O6. The first-order valence-corrected chi connectivity index (χ1v) is 12.1. The smallest absolute Gasteiger partial charge is 0.313 e. The molecule has 0 fully saturated rings. The summed E-state index contributed by atoms with van der Waals surface area (Å²) in [6, 6.07) is 20.6. The van der Waals surface area contributed by atoms with Crippen molar-refractivity contribution in [3.63, 3.8) is 0 Å². The first-order chi connectivity index (χ1) is 19.0. The third-order valence-corrected chi connectivity index (χ3v) is 5.89. The SMILES string of the molecule is COc1cc(-c2nc(Cc3ccc(OCc4ccncc4)cc3)no2)ccc1Oc1ccc(Cl)cc1[N+](=O)[O-]. The number of pyridine rings is 1. The lowest BCUT2D eigenvalue weighted by molar-refractivity contribution is -0.385. The van der Waals surface area contributed by atoms with E-state index in [1.54, 1.807) is 30.6 Å². The average molecular weight is 545 g/mol. The number of ether oxygens (including phenoxy) is 3. The summed E-state index contributed by atoms with van der Waals surface area (Å²) >= 11 is 5.89. The van der Waals surface area contributed by atoms with Gasteiger partial charge >= 0.3 is 5.69 Å². The van der Waals surface area contributed by atoms with Gasteiger partial charge in [-0.25, -0.2) is 0 Å². The maximum atomic E-state index is 11.4. The second-order valence-corrected chi connectivity index (χ2v) is 8.75. The fourth-order valence-corrected chi connectivity index (χ4v) is 3.86. The van der Waals surface area contributed by atoms with E-state index in [0.29, 0.717) is 36.1 Å². The average Bonchev–Trinajstić information content (AvgIpc) is 3.42. The Kier molecular flexibility index (Phi) is 7.65. The van der Waals surface area contributed by atoms with Crippen LogP contribution >= 0.6 is 11.6 Å². The zero-order chi connectivity index (χ0) is 27.2. The molecule has 0 aliphatic heterocycles. The topological polar surface area (TPSA) is 123 Å². The van der Waals surface area contributed by atoms with Crippen LogP contribution in [0.3, 0.4) is 0 Å². The van der Waals surface area contributed by atoms with E-state index in [1.165, 1.54) is 25.3 Å². The lowest BCUT2D eigenvalue weighted by Gasteiger charge is -2.11. The first kappa shape index (κ1) is 25.7. The van der Waals surface area contributed by atoms with Gasteiger partial charge in [0.05, 0.1) is 12.0 Å². The van der Waals surface area contributed by atoms with Crippen LogP contribution in [0.4, 0.5) is 5.69 Å². The van der Waals surface area contributed by atoms with Crippen molar-refractivity contribution < 1.29 is 23.7 Å². The van der Waals surface area contributed by atoms with E-state index >= 15 is 0 Å². The van der Waals surface area contributed by atoms with Gasteiger partial charge in [-0.3, -0.25) is 15.1 Å². The summed E-state index contributed by atoms with van der Waals surface area (Å²) in [5.74, 6) is 2.19. The molecule has 0 atom stereocenters. The molecule has 10 nitrogen and oxygen atoms in total. The second-order valence-electron chi connectivity index (χ2n) is 8.32. The highest BCUT2D eigenvalue weighted by Gasteiger charge is 2.19. The summed E-state index contributed by atoms with van der Waals surface area (Å²) in [5.41, 5.74) is 2.37. The summed E-state index contributed by atoms with van der Waals surface area (Å²) in [4.78, 5) is 19.3. The van der Waals surface area contributed by atoms with E-state index in [4.69, 9.17) is 30.3 Å². The van der Waals surface area contributed by atoms with E-state index < -0.39 is 4.92 Å². The van der Waals surface area contributed by atoms with Crippen molar-refractivity contribution in [3.8, 4) is 34.5 Å². The molecule has 11 heteroatoms. The van der Waals surface area contributed by atoms with E-state index in [0.717, 1.165) is 16.9 Å². The highest BCUT2D eigenvalue weighted by molar-refractivity contribution is 6.30. The highest BCUT2D eigenvalue weighted by Crippen LogP contribution is 2.39. The van der Waals surface area contributed by atoms with Gasteiger partial charge < -0.3 is 18.7 Å². The monoisotopic (exact) mass is 544 g/mol. The van der Waals surface area contributed by atoms with E-state index in [1.807, 2.05) is 36.4 Å². The molecule has 5 rings (SSSR count). The summed E-state index contributed by atoms with van der Waals surface area (Å²) in [6.45, 7) is 0.458. The standard InChI is InChI=1S/C28H21ClN4O6/c1-36-26-15-20(4-8-25(26)38-24-9-5-21(29)16-23(24)33(34)35)28-31-27(32-39-28)14-18-2-6-22(7-3-18)37-17-19-10-12-30-13-11-19/h2-13,15-16H,14,17H2,1H3. The minimum atomic E-state index is -0.564. The van der Waals surface area contributed by atoms with Crippen molar-refractivity contribution in [2.45, 2.75) is 13.0 Å². The molecule has 0 aliphatic rings. The number of nitro benzene ring substituents is 1. The third-order valence-electron chi connectivity index (χ3n) is 5.66. The number of hydrogen-bond acceptors (Lipinski definition) is 9. The van der Waals surface area contributed by atoms with Crippen LogP contribution < -0.4 is 14.2 Å². The number of hydrogen-bond donors (Lipinski definition) is 0. The molecule has 0 aliphatic carbocycles. The molecule has 5 aromatic rings. The van der Waals surface area contributed by atoms with Gasteiger partial charge in [0.1, 0.15) is 12.4 Å². The zero-order valence-electron chi connectivity index (χ0n) is 20.6. The Morgan fingerprint density at radius 1 is 0.923 bits per heavy atom. The van der Waals surface area contributed by atoms with Crippen LogP contribution in [0.2, 0.25) is 5.02 Å². The van der Waals surface area contributed by atoms with Crippen molar-refractivity contribution >= 4 is 17.3 Å². The highest BCUT2D eigenvalue weighted by atomic mass is 35.5. The molecule has 0 bridgehead atoms. The molecule has 0 amide bonds. The number of methoxy groups -OCH3 is 1. The van der Waals surface area contributed by atoms with Gasteiger partial charge in [0, 0.05) is 35.5 Å². The Balaban J connectivity index is 1.26. The summed E-state index contributed by atoms with van der Waals surface area (Å²) in [5, 5.41) is 15.7. The van der Waals surface area contributed by atoms with Crippen LogP contribution in [0, 0.1) is 10.1 Å². The molecule has 2 aromatic heterocycles. The largest absolute Gasteiger partial charge is 0.493 e. The van der Waals surface area contributed by atoms with E-state index in [9.17, 15) is 10.1 Å². The number of nitro groups is 1. The molecule has 3 aromatic carbocycles. The Morgan fingerprint density at radius 3 is 2.44 bits per heavy atom. The molecule has 0 saturated carbocycles. The fraction of sp³-hybridized carbons (Fsp3) is 0.107. The van der Waals surface area contributed by atoms with Gasteiger partial charge in [-0.15, -0.1) is 0 Å². The summed E-state index contributed by atoms with van der Waals surface area (Å²) < 4.78 is 22.5. The molecule has 2 heterocycles. The van der Waals surface area contributed by atoms with Crippen LogP contribution in [-0.2, 0) is 13.0 Å². The summed E-state index contributed by atoms with van der Waals surface area (Å²) in [7, 11) is 1.46. The predicted octanol–water partition coefficient (Wildman–Crippen LogP) is 6.66. The van der Waals surface area contributed by atoms with Crippen LogP contribution in [-0.4, -0.2) is 27.2 Å². The molecule has 0 radical (unpaired) electrons. The van der Waals surface area contributed by atoms with Crippen LogP contribution in [0.15, 0.2) is 89.7 Å². The number of halogens is 1. The lowest BCUT2D eigenvalue weighted by atomic mass is 10.1. The number of nitrogens with zero attached hydrogens (tertiary/aromatic N) is 4. The zero-order valence-corrected chi connectivity index (χ0v) is 21.4. The van der Waals surface area contributed by atoms with E-state index in [2.05, 4.69) is 15.1 Å². The van der Waals surface area contributed by atoms with Crippen molar-refractivity contribution in [2.75, 3.05) is 7.11 Å². The quantitative estimate of drug-likeness (QED) is 0.140. The molecule has 39 heavy (non-hydrogen) atoms. The van der Waals surface area contributed by atoms with E-state index in [-0.39, 0.29) is 22.2 Å². The number of rotatable bonds is 10. The Hall–Kier alpha value is -4.96. The summed E-state index contributed by atoms with van der Waals surface area (Å²) in [6.07, 6.45) is 3.93. The molecular weight excluding hydrogens is 524 g/mol. The normalized spacial score (nSPS) is 10.7. The Bertz CT molecular complexity index is 1590. The maximum Gasteiger partial charge on any atom is 0.313 e. The van der Waals surface area contributed by atoms with Gasteiger partial charge in [-0.2, -0.15) is 4.98 Å². The Labute approximate surface area is 227 Å². The molecule has 0 unspecified atom stereocenters. The maximum absolute atomic E-state index is 11.4. The van der Waals surface area contributed by atoms with Gasteiger partial charge in [-0.1, -0.05) is 28.9 Å².